The molecule has 1 aliphatic rings. The van der Waals surface area contributed by atoms with E-state index in [9.17, 15) is 13.2 Å². The smallest absolute Gasteiger partial charge is 0.253 e. The molecule has 1 fully saturated rings. The zero-order chi connectivity index (χ0) is 26.9. The highest BCUT2D eigenvalue weighted by Crippen LogP contribution is 2.36. The van der Waals surface area contributed by atoms with Gasteiger partial charge < -0.3 is 14.5 Å². The van der Waals surface area contributed by atoms with Gasteiger partial charge in [-0.1, -0.05) is 47.7 Å². The van der Waals surface area contributed by atoms with Crippen molar-refractivity contribution in [1.29, 1.82) is 0 Å². The molecule has 2 heterocycles. The SMILES string of the molecule is COc1ccc(C)c2sc(N3CCN(C(=O)c4ccc(S(=O)(=O)N(C)Cc5ccccc5)cc4)CC3)nc12. The van der Waals surface area contributed by atoms with Crippen molar-refractivity contribution in [3.05, 3.63) is 83.4 Å². The second-order valence-electron chi connectivity index (χ2n) is 9.31. The fourth-order valence-electron chi connectivity index (χ4n) is 4.56. The minimum absolute atomic E-state index is 0.104. The van der Waals surface area contributed by atoms with E-state index >= 15 is 0 Å². The van der Waals surface area contributed by atoms with Crippen molar-refractivity contribution in [3.8, 4) is 5.75 Å². The number of fused-ring (bicyclic) bond motifs is 1. The molecule has 5 rings (SSSR count). The van der Waals surface area contributed by atoms with Gasteiger partial charge in [0.1, 0.15) is 11.3 Å². The molecule has 0 N–H and O–H groups in total. The van der Waals surface area contributed by atoms with Crippen LogP contribution < -0.4 is 9.64 Å². The summed E-state index contributed by atoms with van der Waals surface area (Å²) >= 11 is 1.64. The number of hydrogen-bond donors (Lipinski definition) is 0. The number of benzene rings is 3. The van der Waals surface area contributed by atoms with Crippen LogP contribution in [-0.2, 0) is 16.6 Å². The third kappa shape index (κ3) is 5.11. The second-order valence-corrected chi connectivity index (χ2v) is 12.3. The summed E-state index contributed by atoms with van der Waals surface area (Å²) in [4.78, 5) is 22.2. The summed E-state index contributed by atoms with van der Waals surface area (Å²) in [6, 6.07) is 19.6. The summed E-state index contributed by atoms with van der Waals surface area (Å²) in [7, 11) is -0.464. The second kappa shape index (κ2) is 10.7. The maximum atomic E-state index is 13.2. The summed E-state index contributed by atoms with van der Waals surface area (Å²) in [5, 5.41) is 0.925. The molecule has 4 aromatic rings. The first-order valence-electron chi connectivity index (χ1n) is 12.4. The first-order valence-corrected chi connectivity index (χ1v) is 14.6. The highest BCUT2D eigenvalue weighted by atomic mass is 32.2. The van der Waals surface area contributed by atoms with E-state index in [2.05, 4.69) is 11.8 Å². The van der Waals surface area contributed by atoms with Crippen LogP contribution in [0.25, 0.3) is 10.2 Å². The maximum Gasteiger partial charge on any atom is 0.253 e. The number of hydrogen-bond acceptors (Lipinski definition) is 7. The molecule has 1 saturated heterocycles. The highest BCUT2D eigenvalue weighted by Gasteiger charge is 2.26. The molecule has 1 aliphatic heterocycles. The first-order chi connectivity index (χ1) is 18.3. The average Bonchev–Trinajstić information content (AvgIpc) is 3.40. The van der Waals surface area contributed by atoms with Crippen LogP contribution in [-0.4, -0.2) is 68.9 Å². The number of thiazole rings is 1. The molecule has 0 atom stereocenters. The van der Waals surface area contributed by atoms with Gasteiger partial charge in [-0.25, -0.2) is 13.4 Å². The summed E-state index contributed by atoms with van der Waals surface area (Å²) in [5.41, 5.74) is 3.42. The number of rotatable bonds is 7. The number of anilines is 1. The Labute approximate surface area is 227 Å². The number of amides is 1. The number of ether oxygens (including phenoxy) is 1. The van der Waals surface area contributed by atoms with Gasteiger partial charge in [0.2, 0.25) is 10.0 Å². The Morgan fingerprint density at radius 3 is 2.34 bits per heavy atom. The molecule has 0 aliphatic carbocycles. The van der Waals surface area contributed by atoms with Gasteiger partial charge in [0.15, 0.2) is 5.13 Å². The Bertz CT molecular complexity index is 1550. The molecule has 10 heteroatoms. The Hall–Kier alpha value is -3.47. The third-order valence-corrected chi connectivity index (χ3v) is 9.88. The molecule has 8 nitrogen and oxygen atoms in total. The maximum absolute atomic E-state index is 13.2. The van der Waals surface area contributed by atoms with Crippen molar-refractivity contribution in [2.45, 2.75) is 18.4 Å². The third-order valence-electron chi connectivity index (χ3n) is 6.81. The topological polar surface area (TPSA) is 83.0 Å². The Morgan fingerprint density at radius 2 is 1.68 bits per heavy atom. The molecule has 3 aromatic carbocycles. The van der Waals surface area contributed by atoms with Crippen molar-refractivity contribution in [2.24, 2.45) is 0 Å². The quantitative estimate of drug-likeness (QED) is 0.339. The standard InChI is InChI=1S/C28H30N4O4S2/c1-20-9-14-24(36-3)25-26(20)37-28(29-25)32-17-15-31(16-18-32)27(33)22-10-12-23(13-11-22)38(34,35)30(2)19-21-7-5-4-6-8-21/h4-14H,15-19H2,1-3H3. The normalized spacial score (nSPS) is 14.3. The van der Waals surface area contributed by atoms with Crippen LogP contribution >= 0.6 is 11.3 Å². The van der Waals surface area contributed by atoms with Crippen LogP contribution in [0.15, 0.2) is 71.6 Å². The largest absolute Gasteiger partial charge is 0.494 e. The molecule has 0 bridgehead atoms. The van der Waals surface area contributed by atoms with Gasteiger partial charge in [0.05, 0.1) is 16.7 Å². The fraction of sp³-hybridized carbons (Fsp3) is 0.286. The number of carbonyl (C=O) groups excluding carboxylic acids is 1. The predicted octanol–water partition coefficient (Wildman–Crippen LogP) is 4.40. The Balaban J connectivity index is 1.23. The summed E-state index contributed by atoms with van der Waals surface area (Å²) in [6.45, 7) is 4.80. The lowest BCUT2D eigenvalue weighted by Gasteiger charge is -2.34. The van der Waals surface area contributed by atoms with Gasteiger partial charge in [-0.3, -0.25) is 4.79 Å². The van der Waals surface area contributed by atoms with Gasteiger partial charge >= 0.3 is 0 Å². The van der Waals surface area contributed by atoms with E-state index in [1.54, 1.807) is 42.5 Å². The van der Waals surface area contributed by atoms with Crippen LogP contribution in [0.2, 0.25) is 0 Å². The molecular formula is C28H30N4O4S2. The first kappa shape index (κ1) is 26.1. The highest BCUT2D eigenvalue weighted by molar-refractivity contribution is 7.89. The molecule has 0 unspecified atom stereocenters. The van der Waals surface area contributed by atoms with Crippen LogP contribution in [0, 0.1) is 6.92 Å². The van der Waals surface area contributed by atoms with Crippen molar-refractivity contribution >= 4 is 42.6 Å². The molecule has 1 amide bonds. The van der Waals surface area contributed by atoms with E-state index in [1.807, 2.05) is 42.5 Å². The van der Waals surface area contributed by atoms with Gasteiger partial charge in [-0.15, -0.1) is 0 Å². The van der Waals surface area contributed by atoms with Gasteiger partial charge in [0.25, 0.3) is 5.91 Å². The number of piperazine rings is 1. The number of nitrogens with zero attached hydrogens (tertiary/aromatic N) is 4. The number of aryl methyl sites for hydroxylation is 1. The van der Waals surface area contributed by atoms with Gasteiger partial charge in [0, 0.05) is 45.3 Å². The Kier molecular flexibility index (Phi) is 7.38. The van der Waals surface area contributed by atoms with Crippen LogP contribution in [0.4, 0.5) is 5.13 Å². The Morgan fingerprint density at radius 1 is 1.00 bits per heavy atom. The zero-order valence-electron chi connectivity index (χ0n) is 21.6. The van der Waals surface area contributed by atoms with Crippen molar-refractivity contribution in [3.63, 3.8) is 0 Å². The summed E-state index contributed by atoms with van der Waals surface area (Å²) in [5.74, 6) is 0.659. The predicted molar refractivity (Wildman–Crippen MR) is 151 cm³/mol. The van der Waals surface area contributed by atoms with E-state index in [0.717, 1.165) is 32.2 Å². The number of methoxy groups -OCH3 is 1. The average molecular weight is 551 g/mol. The van der Waals surface area contributed by atoms with E-state index in [1.165, 1.54) is 16.4 Å². The monoisotopic (exact) mass is 550 g/mol. The molecule has 38 heavy (non-hydrogen) atoms. The van der Waals surface area contributed by atoms with E-state index in [0.29, 0.717) is 31.7 Å². The zero-order valence-corrected chi connectivity index (χ0v) is 23.3. The van der Waals surface area contributed by atoms with Gasteiger partial charge in [-0.05, 0) is 48.4 Å². The van der Waals surface area contributed by atoms with E-state index in [-0.39, 0.29) is 17.3 Å². The summed E-state index contributed by atoms with van der Waals surface area (Å²) < 4.78 is 34.0. The molecule has 198 valence electrons. The number of carbonyl (C=O) groups is 1. The van der Waals surface area contributed by atoms with Crippen LogP contribution in [0.3, 0.4) is 0 Å². The number of aromatic nitrogens is 1. The lowest BCUT2D eigenvalue weighted by molar-refractivity contribution is 0.0746. The molecule has 0 radical (unpaired) electrons. The molecule has 0 spiro atoms. The number of sulfonamides is 1. The van der Waals surface area contributed by atoms with Crippen molar-refractivity contribution in [1.82, 2.24) is 14.2 Å². The van der Waals surface area contributed by atoms with Gasteiger partial charge in [-0.2, -0.15) is 4.31 Å². The van der Waals surface area contributed by atoms with E-state index in [4.69, 9.17) is 9.72 Å². The van der Waals surface area contributed by atoms with Crippen LogP contribution in [0.1, 0.15) is 21.5 Å². The minimum Gasteiger partial charge on any atom is -0.494 e. The lowest BCUT2D eigenvalue weighted by atomic mass is 10.2. The summed E-state index contributed by atoms with van der Waals surface area (Å²) in [6.07, 6.45) is 0. The lowest BCUT2D eigenvalue weighted by Crippen LogP contribution is -2.48. The van der Waals surface area contributed by atoms with Crippen molar-refractivity contribution in [2.75, 3.05) is 45.2 Å². The molecule has 1 aromatic heterocycles. The van der Waals surface area contributed by atoms with E-state index < -0.39 is 10.0 Å². The van der Waals surface area contributed by atoms with Crippen molar-refractivity contribution < 1.29 is 17.9 Å². The molecule has 0 saturated carbocycles. The minimum atomic E-state index is -3.67. The fourth-order valence-corrected chi connectivity index (χ4v) is 6.82. The van der Waals surface area contributed by atoms with Crippen LogP contribution in [0.5, 0.6) is 5.75 Å². The molecular weight excluding hydrogens is 520 g/mol.